The molecule has 0 spiro atoms. The van der Waals surface area contributed by atoms with E-state index in [1.807, 2.05) is 23.1 Å². The van der Waals surface area contributed by atoms with Crippen molar-refractivity contribution in [2.24, 2.45) is 0 Å². The highest BCUT2D eigenvalue weighted by Gasteiger charge is 2.18. The number of fused-ring (bicyclic) bond motifs is 1. The number of carbonyl (C=O) groups is 1. The molecule has 0 saturated heterocycles. The van der Waals surface area contributed by atoms with Crippen LogP contribution in [-0.2, 0) is 17.8 Å². The van der Waals surface area contributed by atoms with Gasteiger partial charge in [0.2, 0.25) is 5.91 Å². The Kier molecular flexibility index (Phi) is 6.28. The van der Waals surface area contributed by atoms with Gasteiger partial charge in [-0.15, -0.1) is 0 Å². The van der Waals surface area contributed by atoms with Crippen LogP contribution < -0.4 is 0 Å². The first kappa shape index (κ1) is 19.2. The summed E-state index contributed by atoms with van der Waals surface area (Å²) in [7, 11) is 0. The SMILES string of the molecule is CCCN(CCC)C(=O)Cn1c(Cc2ccccc2C)nc2ccccc21. The number of hydrogen-bond donors (Lipinski definition) is 0. The van der Waals surface area contributed by atoms with E-state index >= 15 is 0 Å². The smallest absolute Gasteiger partial charge is 0.242 e. The predicted molar refractivity (Wildman–Crippen MR) is 111 cm³/mol. The lowest BCUT2D eigenvalue weighted by atomic mass is 10.1. The van der Waals surface area contributed by atoms with E-state index in [0.29, 0.717) is 6.54 Å². The highest BCUT2D eigenvalue weighted by Crippen LogP contribution is 2.20. The second kappa shape index (κ2) is 8.85. The summed E-state index contributed by atoms with van der Waals surface area (Å²) < 4.78 is 2.10. The first-order valence-corrected chi connectivity index (χ1v) is 9.90. The topological polar surface area (TPSA) is 38.1 Å². The Morgan fingerprint density at radius 2 is 1.67 bits per heavy atom. The summed E-state index contributed by atoms with van der Waals surface area (Å²) in [4.78, 5) is 19.8. The molecule has 0 aliphatic carbocycles. The Morgan fingerprint density at radius 3 is 2.37 bits per heavy atom. The van der Waals surface area contributed by atoms with Gasteiger partial charge in [0.25, 0.3) is 0 Å². The van der Waals surface area contributed by atoms with E-state index in [1.165, 1.54) is 11.1 Å². The fraction of sp³-hybridized carbons (Fsp3) is 0.391. The normalized spacial score (nSPS) is 11.1. The average molecular weight is 364 g/mol. The van der Waals surface area contributed by atoms with Gasteiger partial charge >= 0.3 is 0 Å². The molecular formula is C23H29N3O. The third-order valence-electron chi connectivity index (χ3n) is 4.98. The average Bonchev–Trinajstić information content (AvgIpc) is 3.01. The van der Waals surface area contributed by atoms with Crippen molar-refractivity contribution < 1.29 is 4.79 Å². The lowest BCUT2D eigenvalue weighted by Crippen LogP contribution is -2.35. The zero-order valence-electron chi connectivity index (χ0n) is 16.6. The van der Waals surface area contributed by atoms with Crippen LogP contribution in [0.2, 0.25) is 0 Å². The molecule has 0 fully saturated rings. The molecule has 1 amide bonds. The molecule has 1 heterocycles. The summed E-state index contributed by atoms with van der Waals surface area (Å²) in [5.41, 5.74) is 4.48. The molecule has 4 nitrogen and oxygen atoms in total. The lowest BCUT2D eigenvalue weighted by molar-refractivity contribution is -0.131. The van der Waals surface area contributed by atoms with Crippen LogP contribution in [0.1, 0.15) is 43.6 Å². The number of nitrogens with zero attached hydrogens (tertiary/aromatic N) is 3. The molecule has 0 aliphatic rings. The van der Waals surface area contributed by atoms with Crippen molar-refractivity contribution in [3.8, 4) is 0 Å². The Labute approximate surface area is 161 Å². The van der Waals surface area contributed by atoms with Gasteiger partial charge in [-0.1, -0.05) is 50.2 Å². The van der Waals surface area contributed by atoms with Gasteiger partial charge < -0.3 is 9.47 Å². The first-order chi connectivity index (χ1) is 13.1. The molecule has 0 saturated carbocycles. The van der Waals surface area contributed by atoms with Crippen molar-refractivity contribution in [3.63, 3.8) is 0 Å². The van der Waals surface area contributed by atoms with Crippen LogP contribution >= 0.6 is 0 Å². The van der Waals surface area contributed by atoms with Crippen molar-refractivity contribution in [3.05, 3.63) is 65.5 Å². The van der Waals surface area contributed by atoms with Crippen molar-refractivity contribution in [2.45, 2.75) is 46.6 Å². The predicted octanol–water partition coefficient (Wildman–Crippen LogP) is 4.58. The summed E-state index contributed by atoms with van der Waals surface area (Å²) in [6, 6.07) is 16.5. The zero-order chi connectivity index (χ0) is 19.2. The molecule has 0 radical (unpaired) electrons. The van der Waals surface area contributed by atoms with Gasteiger partial charge in [-0.25, -0.2) is 4.98 Å². The van der Waals surface area contributed by atoms with E-state index in [4.69, 9.17) is 4.98 Å². The van der Waals surface area contributed by atoms with E-state index in [-0.39, 0.29) is 5.91 Å². The fourth-order valence-corrected chi connectivity index (χ4v) is 3.55. The minimum atomic E-state index is 0.174. The van der Waals surface area contributed by atoms with Gasteiger partial charge in [-0.3, -0.25) is 4.79 Å². The molecule has 3 rings (SSSR count). The molecule has 1 aromatic heterocycles. The Balaban J connectivity index is 1.95. The van der Waals surface area contributed by atoms with E-state index in [0.717, 1.165) is 49.2 Å². The van der Waals surface area contributed by atoms with Gasteiger partial charge in [0, 0.05) is 19.5 Å². The van der Waals surface area contributed by atoms with Crippen LogP contribution in [0.15, 0.2) is 48.5 Å². The van der Waals surface area contributed by atoms with E-state index in [1.54, 1.807) is 0 Å². The van der Waals surface area contributed by atoms with E-state index in [2.05, 4.69) is 55.7 Å². The quantitative estimate of drug-likeness (QED) is 0.587. The molecule has 142 valence electrons. The maximum atomic E-state index is 13.0. The van der Waals surface area contributed by atoms with Crippen molar-refractivity contribution in [1.29, 1.82) is 0 Å². The van der Waals surface area contributed by atoms with Crippen LogP contribution in [0.5, 0.6) is 0 Å². The Hall–Kier alpha value is -2.62. The third kappa shape index (κ3) is 4.38. The number of hydrogen-bond acceptors (Lipinski definition) is 2. The number of carbonyl (C=O) groups excluding carboxylic acids is 1. The Morgan fingerprint density at radius 1 is 1.00 bits per heavy atom. The fourth-order valence-electron chi connectivity index (χ4n) is 3.55. The molecule has 0 atom stereocenters. The van der Waals surface area contributed by atoms with Crippen LogP contribution in [-0.4, -0.2) is 33.4 Å². The van der Waals surface area contributed by atoms with Crippen LogP contribution in [0, 0.1) is 6.92 Å². The number of amides is 1. The molecule has 0 unspecified atom stereocenters. The molecule has 27 heavy (non-hydrogen) atoms. The summed E-state index contributed by atoms with van der Waals surface area (Å²) in [5, 5.41) is 0. The standard InChI is InChI=1S/C23H29N3O/c1-4-14-25(15-5-2)23(27)17-26-21-13-9-8-12-20(21)24-22(26)16-19-11-7-6-10-18(19)3/h6-13H,4-5,14-17H2,1-3H3. The minimum Gasteiger partial charge on any atom is -0.341 e. The van der Waals surface area contributed by atoms with Crippen molar-refractivity contribution in [2.75, 3.05) is 13.1 Å². The highest BCUT2D eigenvalue weighted by atomic mass is 16.2. The number of benzene rings is 2. The molecule has 0 bridgehead atoms. The minimum absolute atomic E-state index is 0.174. The number of aromatic nitrogens is 2. The van der Waals surface area contributed by atoms with Crippen molar-refractivity contribution >= 4 is 16.9 Å². The molecule has 2 aromatic carbocycles. The van der Waals surface area contributed by atoms with Gasteiger partial charge in [-0.05, 0) is 43.0 Å². The van der Waals surface area contributed by atoms with E-state index in [9.17, 15) is 4.79 Å². The maximum absolute atomic E-state index is 13.0. The summed E-state index contributed by atoms with van der Waals surface area (Å²) >= 11 is 0. The molecule has 4 heteroatoms. The summed E-state index contributed by atoms with van der Waals surface area (Å²) in [6.07, 6.45) is 2.69. The Bertz CT molecular complexity index is 907. The van der Waals surface area contributed by atoms with Crippen molar-refractivity contribution in [1.82, 2.24) is 14.5 Å². The zero-order valence-corrected chi connectivity index (χ0v) is 16.6. The number of imidazole rings is 1. The summed E-state index contributed by atoms with van der Waals surface area (Å²) in [6.45, 7) is 8.33. The lowest BCUT2D eigenvalue weighted by Gasteiger charge is -2.22. The first-order valence-electron chi connectivity index (χ1n) is 9.90. The van der Waals surface area contributed by atoms with Gasteiger partial charge in [0.05, 0.1) is 11.0 Å². The third-order valence-corrected chi connectivity index (χ3v) is 4.98. The largest absolute Gasteiger partial charge is 0.341 e. The molecule has 0 aliphatic heterocycles. The molecular weight excluding hydrogens is 334 g/mol. The molecule has 3 aromatic rings. The van der Waals surface area contributed by atoms with E-state index < -0.39 is 0 Å². The maximum Gasteiger partial charge on any atom is 0.242 e. The second-order valence-corrected chi connectivity index (χ2v) is 7.09. The van der Waals surface area contributed by atoms with Gasteiger partial charge in [-0.2, -0.15) is 0 Å². The van der Waals surface area contributed by atoms with Crippen LogP contribution in [0.4, 0.5) is 0 Å². The highest BCUT2D eigenvalue weighted by molar-refractivity contribution is 5.81. The van der Waals surface area contributed by atoms with Gasteiger partial charge in [0.15, 0.2) is 0 Å². The van der Waals surface area contributed by atoms with Crippen LogP contribution in [0.3, 0.4) is 0 Å². The second-order valence-electron chi connectivity index (χ2n) is 7.09. The monoisotopic (exact) mass is 363 g/mol. The van der Waals surface area contributed by atoms with Gasteiger partial charge in [0.1, 0.15) is 12.4 Å². The number of aryl methyl sites for hydroxylation is 1. The number of rotatable bonds is 8. The summed E-state index contributed by atoms with van der Waals surface area (Å²) in [5.74, 6) is 1.12. The number of para-hydroxylation sites is 2. The molecule has 0 N–H and O–H groups in total. The van der Waals surface area contributed by atoms with Crippen LogP contribution in [0.25, 0.3) is 11.0 Å².